The average molecular weight is 288 g/mol. The zero-order valence-corrected chi connectivity index (χ0v) is 14.6. The smallest absolute Gasteiger partial charge is 0.0630 e. The Morgan fingerprint density at radius 3 is 2.48 bits per heavy atom. The normalized spacial score (nSPS) is 12.8. The lowest BCUT2D eigenvalue weighted by Gasteiger charge is -2.27. The van der Waals surface area contributed by atoms with Crippen LogP contribution in [-0.4, -0.2) is 11.7 Å². The molecule has 0 aliphatic heterocycles. The van der Waals surface area contributed by atoms with Gasteiger partial charge >= 0.3 is 0 Å². The van der Waals surface area contributed by atoms with E-state index in [1.54, 1.807) is 0 Å². The highest BCUT2D eigenvalue weighted by Crippen LogP contribution is 2.20. The van der Waals surface area contributed by atoms with E-state index in [2.05, 4.69) is 78.0 Å². The molecule has 0 aliphatic rings. The van der Waals surface area contributed by atoms with Gasteiger partial charge in [-0.2, -0.15) is 0 Å². The van der Waals surface area contributed by atoms with Gasteiger partial charge in [0.05, 0.1) is 11.7 Å². The fraction of sp³-hybridized carbons (Fsp3) is 0.600. The summed E-state index contributed by atoms with van der Waals surface area (Å²) in [5.74, 6) is 0.590. The summed E-state index contributed by atoms with van der Waals surface area (Å²) in [6.07, 6.45) is 8.19. The Bertz CT molecular complexity index is 441. The van der Waals surface area contributed by atoms with E-state index in [0.717, 1.165) is 12.8 Å². The number of unbranched alkanes of at least 4 members (excludes halogenated alkanes) is 1. The van der Waals surface area contributed by atoms with Crippen LogP contribution in [0, 0.1) is 0 Å². The number of benzene rings is 1. The van der Waals surface area contributed by atoms with Crippen LogP contribution in [0.1, 0.15) is 77.8 Å². The zero-order valence-electron chi connectivity index (χ0n) is 14.6. The third kappa shape index (κ3) is 7.47. The molecule has 0 aliphatic carbocycles. The molecule has 0 heterocycles. The lowest BCUT2D eigenvalue weighted by atomic mass is 9.99. The van der Waals surface area contributed by atoms with Gasteiger partial charge in [-0.1, -0.05) is 50.3 Å². The van der Waals surface area contributed by atoms with Crippen LogP contribution >= 0.6 is 0 Å². The number of hydrogen-bond donors (Lipinski definition) is 0. The van der Waals surface area contributed by atoms with Crippen LogP contribution in [0.2, 0.25) is 0 Å². The fourth-order valence-corrected chi connectivity index (χ4v) is 2.58. The Balaban J connectivity index is 2.40. The molecule has 0 amide bonds. The molecule has 21 heavy (non-hydrogen) atoms. The second-order valence-corrected chi connectivity index (χ2v) is 7.05. The molecule has 0 atom stereocenters. The summed E-state index contributed by atoms with van der Waals surface area (Å²) >= 11 is 0. The molecule has 0 bridgehead atoms. The van der Waals surface area contributed by atoms with Gasteiger partial charge in [0.15, 0.2) is 0 Å². The van der Waals surface area contributed by atoms with E-state index in [1.807, 2.05) is 0 Å². The topological polar surface area (TPSA) is 9.23 Å². The van der Waals surface area contributed by atoms with Gasteiger partial charge < -0.3 is 4.74 Å². The summed E-state index contributed by atoms with van der Waals surface area (Å²) in [6.45, 7) is 13.0. The standard InChI is InChI=1S/C20H32O/c1-16(2)19-13-10-12-18(15-19)11-8-7-9-14-20(5,6)21-17(3)4/h8,10-13,15-17H,7,9,14H2,1-6H3/b11-8+. The SMILES string of the molecule is CC(C)OC(C)(C)CCC/C=C/c1cccc(C(C)C)c1. The first-order chi connectivity index (χ1) is 9.80. The molecule has 1 aromatic rings. The monoisotopic (exact) mass is 288 g/mol. The summed E-state index contributed by atoms with van der Waals surface area (Å²) < 4.78 is 5.92. The highest BCUT2D eigenvalue weighted by atomic mass is 16.5. The zero-order chi connectivity index (χ0) is 15.9. The molecular formula is C20H32O. The molecule has 0 N–H and O–H groups in total. The molecule has 1 rings (SSSR count). The minimum atomic E-state index is -0.0143. The molecule has 0 saturated carbocycles. The molecule has 1 aromatic carbocycles. The van der Waals surface area contributed by atoms with Crippen LogP contribution in [-0.2, 0) is 4.74 Å². The summed E-state index contributed by atoms with van der Waals surface area (Å²) in [5, 5.41) is 0. The van der Waals surface area contributed by atoms with Crippen LogP contribution in [0.25, 0.3) is 6.08 Å². The van der Waals surface area contributed by atoms with Crippen LogP contribution in [0.3, 0.4) is 0 Å². The number of allylic oxidation sites excluding steroid dienone is 1. The van der Waals surface area contributed by atoms with Crippen molar-refractivity contribution in [3.8, 4) is 0 Å². The predicted molar refractivity (Wildman–Crippen MR) is 93.7 cm³/mol. The molecule has 1 nitrogen and oxygen atoms in total. The molecule has 0 fully saturated rings. The minimum absolute atomic E-state index is 0.0143. The molecular weight excluding hydrogens is 256 g/mol. The molecule has 0 radical (unpaired) electrons. The second kappa shape index (κ2) is 8.38. The van der Waals surface area contributed by atoms with Gasteiger partial charge in [0.1, 0.15) is 0 Å². The maximum Gasteiger partial charge on any atom is 0.0630 e. The van der Waals surface area contributed by atoms with Crippen molar-refractivity contribution in [3.63, 3.8) is 0 Å². The maximum absolute atomic E-state index is 5.92. The lowest BCUT2D eigenvalue weighted by molar-refractivity contribution is -0.0610. The van der Waals surface area contributed by atoms with Gasteiger partial charge in [-0.15, -0.1) is 0 Å². The third-order valence-corrected chi connectivity index (χ3v) is 3.59. The van der Waals surface area contributed by atoms with Crippen molar-refractivity contribution in [1.29, 1.82) is 0 Å². The van der Waals surface area contributed by atoms with Crippen molar-refractivity contribution < 1.29 is 4.74 Å². The first-order valence-corrected chi connectivity index (χ1v) is 8.24. The first-order valence-electron chi connectivity index (χ1n) is 8.24. The summed E-state index contributed by atoms with van der Waals surface area (Å²) in [6, 6.07) is 8.81. The van der Waals surface area contributed by atoms with E-state index in [0.29, 0.717) is 12.0 Å². The van der Waals surface area contributed by atoms with E-state index >= 15 is 0 Å². The van der Waals surface area contributed by atoms with Crippen molar-refractivity contribution in [2.24, 2.45) is 0 Å². The summed E-state index contributed by atoms with van der Waals surface area (Å²) in [7, 11) is 0. The predicted octanol–water partition coefficient (Wildman–Crippen LogP) is 6.20. The Kier molecular flexibility index (Phi) is 7.17. The van der Waals surface area contributed by atoms with E-state index in [-0.39, 0.29) is 5.60 Å². The molecule has 1 heteroatoms. The van der Waals surface area contributed by atoms with Crippen LogP contribution in [0.5, 0.6) is 0 Å². The van der Waals surface area contributed by atoms with Gasteiger partial charge in [-0.05, 0) is 64.0 Å². The Labute approximate surface area is 131 Å². The molecule has 118 valence electrons. The Morgan fingerprint density at radius 1 is 1.14 bits per heavy atom. The van der Waals surface area contributed by atoms with Gasteiger partial charge in [-0.3, -0.25) is 0 Å². The van der Waals surface area contributed by atoms with Crippen LogP contribution in [0.4, 0.5) is 0 Å². The summed E-state index contributed by atoms with van der Waals surface area (Å²) in [5.41, 5.74) is 2.70. The van der Waals surface area contributed by atoms with Crippen molar-refractivity contribution in [3.05, 3.63) is 41.5 Å². The second-order valence-electron chi connectivity index (χ2n) is 7.05. The molecule has 0 spiro atoms. The molecule has 0 unspecified atom stereocenters. The molecule has 0 saturated heterocycles. The maximum atomic E-state index is 5.92. The van der Waals surface area contributed by atoms with Gasteiger partial charge in [0.2, 0.25) is 0 Å². The largest absolute Gasteiger partial charge is 0.373 e. The van der Waals surface area contributed by atoms with E-state index in [9.17, 15) is 0 Å². The van der Waals surface area contributed by atoms with Crippen molar-refractivity contribution >= 4 is 6.08 Å². The van der Waals surface area contributed by atoms with E-state index in [4.69, 9.17) is 4.74 Å². The Morgan fingerprint density at radius 2 is 1.86 bits per heavy atom. The minimum Gasteiger partial charge on any atom is -0.373 e. The van der Waals surface area contributed by atoms with Gasteiger partial charge in [-0.25, -0.2) is 0 Å². The third-order valence-electron chi connectivity index (χ3n) is 3.59. The van der Waals surface area contributed by atoms with Crippen molar-refractivity contribution in [1.82, 2.24) is 0 Å². The number of ether oxygens (including phenoxy) is 1. The molecule has 0 aromatic heterocycles. The number of rotatable bonds is 8. The van der Waals surface area contributed by atoms with Gasteiger partial charge in [0.25, 0.3) is 0 Å². The quantitative estimate of drug-likeness (QED) is 0.518. The van der Waals surface area contributed by atoms with Gasteiger partial charge in [0, 0.05) is 0 Å². The van der Waals surface area contributed by atoms with Crippen LogP contribution < -0.4 is 0 Å². The Hall–Kier alpha value is -1.08. The van der Waals surface area contributed by atoms with E-state index < -0.39 is 0 Å². The van der Waals surface area contributed by atoms with E-state index in [1.165, 1.54) is 17.5 Å². The van der Waals surface area contributed by atoms with Crippen molar-refractivity contribution in [2.75, 3.05) is 0 Å². The fourth-order valence-electron chi connectivity index (χ4n) is 2.58. The van der Waals surface area contributed by atoms with Crippen molar-refractivity contribution in [2.45, 2.75) is 78.4 Å². The highest BCUT2D eigenvalue weighted by molar-refractivity contribution is 5.50. The highest BCUT2D eigenvalue weighted by Gasteiger charge is 2.18. The summed E-state index contributed by atoms with van der Waals surface area (Å²) in [4.78, 5) is 0. The lowest BCUT2D eigenvalue weighted by Crippen LogP contribution is -2.27. The number of hydrogen-bond acceptors (Lipinski definition) is 1. The van der Waals surface area contributed by atoms with Crippen LogP contribution in [0.15, 0.2) is 30.3 Å². The average Bonchev–Trinajstić information content (AvgIpc) is 2.37. The first kappa shape index (κ1) is 18.0.